The number of carbonyl (C=O) groups is 1. The molecule has 1 atom stereocenters. The Balaban J connectivity index is 1.90. The highest BCUT2D eigenvalue weighted by Crippen LogP contribution is 2.24. The monoisotopic (exact) mass is 296 g/mol. The van der Waals surface area contributed by atoms with Gasteiger partial charge in [-0.15, -0.1) is 11.3 Å². The molecule has 1 fully saturated rings. The number of nitrogens with two attached hydrogens (primary N) is 1. The Labute approximate surface area is 124 Å². The lowest BCUT2D eigenvalue weighted by molar-refractivity contribution is -0.133. The molecule has 2 heterocycles. The van der Waals surface area contributed by atoms with E-state index in [1.807, 2.05) is 24.9 Å². The van der Waals surface area contributed by atoms with Crippen molar-refractivity contribution in [1.29, 1.82) is 0 Å². The van der Waals surface area contributed by atoms with E-state index >= 15 is 0 Å². The van der Waals surface area contributed by atoms with Crippen LogP contribution in [-0.2, 0) is 11.2 Å². The molecule has 1 aliphatic rings. The summed E-state index contributed by atoms with van der Waals surface area (Å²) in [5.74, 6) is 0.264. The van der Waals surface area contributed by atoms with E-state index in [1.54, 1.807) is 11.3 Å². The van der Waals surface area contributed by atoms with Crippen molar-refractivity contribution in [1.82, 2.24) is 9.88 Å². The van der Waals surface area contributed by atoms with Crippen molar-refractivity contribution < 1.29 is 4.79 Å². The number of aromatic nitrogens is 1. The smallest absolute Gasteiger partial charge is 0.239 e. The average molecular weight is 296 g/mol. The molecule has 112 valence electrons. The highest BCUT2D eigenvalue weighted by molar-refractivity contribution is 7.15. The summed E-state index contributed by atoms with van der Waals surface area (Å²) in [7, 11) is 0. The van der Waals surface area contributed by atoms with Gasteiger partial charge in [-0.25, -0.2) is 4.98 Å². The quantitative estimate of drug-likeness (QED) is 0.911. The third-order valence-electron chi connectivity index (χ3n) is 3.76. The van der Waals surface area contributed by atoms with Gasteiger partial charge in [0.05, 0.1) is 6.04 Å². The van der Waals surface area contributed by atoms with Gasteiger partial charge in [-0.1, -0.05) is 20.8 Å². The maximum atomic E-state index is 12.2. The number of piperazine rings is 1. The minimum Gasteiger partial charge on any atom is -0.345 e. The number of hydrogen-bond donors (Lipinski definition) is 1. The summed E-state index contributed by atoms with van der Waals surface area (Å²) < 4.78 is 0. The van der Waals surface area contributed by atoms with Crippen LogP contribution in [0.2, 0.25) is 0 Å². The van der Waals surface area contributed by atoms with Gasteiger partial charge in [-0.2, -0.15) is 0 Å². The van der Waals surface area contributed by atoms with Crippen LogP contribution in [0.1, 0.15) is 25.6 Å². The fourth-order valence-corrected chi connectivity index (χ4v) is 3.12. The Morgan fingerprint density at radius 3 is 2.55 bits per heavy atom. The van der Waals surface area contributed by atoms with Gasteiger partial charge in [0.15, 0.2) is 5.13 Å². The van der Waals surface area contributed by atoms with Crippen molar-refractivity contribution in [2.24, 2.45) is 11.7 Å². The highest BCUT2D eigenvalue weighted by atomic mass is 32.1. The largest absolute Gasteiger partial charge is 0.345 e. The van der Waals surface area contributed by atoms with Gasteiger partial charge in [0.1, 0.15) is 0 Å². The molecule has 0 unspecified atom stereocenters. The molecule has 0 spiro atoms. The van der Waals surface area contributed by atoms with Gasteiger partial charge >= 0.3 is 0 Å². The van der Waals surface area contributed by atoms with Gasteiger partial charge in [-0.3, -0.25) is 4.79 Å². The molecule has 2 N–H and O–H groups in total. The minimum atomic E-state index is -0.381. The summed E-state index contributed by atoms with van der Waals surface area (Å²) in [6.07, 6.45) is 2.98. The van der Waals surface area contributed by atoms with E-state index in [-0.39, 0.29) is 17.9 Å². The maximum Gasteiger partial charge on any atom is 0.239 e. The van der Waals surface area contributed by atoms with Crippen LogP contribution in [0.3, 0.4) is 0 Å². The predicted molar refractivity (Wildman–Crippen MR) is 83.1 cm³/mol. The molecule has 0 aromatic carbocycles. The lowest BCUT2D eigenvalue weighted by atomic mass is 10.0. The molecule has 20 heavy (non-hydrogen) atoms. The number of nitrogens with zero attached hydrogens (tertiary/aromatic N) is 3. The molecule has 1 saturated heterocycles. The normalized spacial score (nSPS) is 17.6. The molecule has 5 nitrogen and oxygen atoms in total. The van der Waals surface area contributed by atoms with E-state index in [9.17, 15) is 4.79 Å². The Bertz CT molecular complexity index is 452. The lowest BCUT2D eigenvalue weighted by Gasteiger charge is -2.36. The first kappa shape index (κ1) is 15.3. The molecule has 0 bridgehead atoms. The van der Waals surface area contributed by atoms with Gasteiger partial charge in [-0.05, 0) is 12.3 Å². The summed E-state index contributed by atoms with van der Waals surface area (Å²) in [6, 6.07) is -0.381. The standard InChI is InChI=1S/C14H24N4OS/c1-4-11-9-16-14(20-11)18-7-5-17(6-8-18)13(19)12(15)10(2)3/h9-10,12H,4-8,15H2,1-3H3/t12-/m0/s1. The van der Waals surface area contributed by atoms with Crippen LogP contribution < -0.4 is 10.6 Å². The number of hydrogen-bond acceptors (Lipinski definition) is 5. The third kappa shape index (κ3) is 3.30. The number of rotatable bonds is 4. The molecule has 6 heteroatoms. The second kappa shape index (κ2) is 6.54. The van der Waals surface area contributed by atoms with E-state index in [0.29, 0.717) is 0 Å². The van der Waals surface area contributed by atoms with Crippen LogP contribution >= 0.6 is 11.3 Å². The molecule has 0 radical (unpaired) electrons. The predicted octanol–water partition coefficient (Wildman–Crippen LogP) is 1.34. The van der Waals surface area contributed by atoms with Crippen LogP contribution in [-0.4, -0.2) is 48.0 Å². The van der Waals surface area contributed by atoms with Crippen molar-refractivity contribution in [3.63, 3.8) is 0 Å². The van der Waals surface area contributed by atoms with Crippen molar-refractivity contribution >= 4 is 22.4 Å². The van der Waals surface area contributed by atoms with Crippen LogP contribution in [0.5, 0.6) is 0 Å². The average Bonchev–Trinajstić information content (AvgIpc) is 2.94. The van der Waals surface area contributed by atoms with Crippen molar-refractivity contribution in [2.75, 3.05) is 31.1 Å². The topological polar surface area (TPSA) is 62.5 Å². The molecule has 1 aromatic rings. The Morgan fingerprint density at radius 1 is 1.40 bits per heavy atom. The molecule has 0 saturated carbocycles. The highest BCUT2D eigenvalue weighted by Gasteiger charge is 2.27. The summed E-state index contributed by atoms with van der Waals surface area (Å²) in [5.41, 5.74) is 5.94. The summed E-state index contributed by atoms with van der Waals surface area (Å²) in [5, 5.41) is 1.07. The number of amides is 1. The molecular weight excluding hydrogens is 272 g/mol. The van der Waals surface area contributed by atoms with Crippen molar-refractivity contribution in [3.05, 3.63) is 11.1 Å². The summed E-state index contributed by atoms with van der Waals surface area (Å²) in [6.45, 7) is 9.27. The van der Waals surface area contributed by atoms with Crippen LogP contribution in [0.25, 0.3) is 0 Å². The van der Waals surface area contributed by atoms with Crippen LogP contribution in [0.4, 0.5) is 5.13 Å². The zero-order chi connectivity index (χ0) is 14.7. The van der Waals surface area contributed by atoms with Crippen LogP contribution in [0, 0.1) is 5.92 Å². The lowest BCUT2D eigenvalue weighted by Crippen LogP contribution is -2.54. The molecule has 0 aliphatic carbocycles. The van der Waals surface area contributed by atoms with Gasteiger partial charge in [0.2, 0.25) is 5.91 Å². The first-order valence-electron chi connectivity index (χ1n) is 7.27. The Morgan fingerprint density at radius 2 is 2.05 bits per heavy atom. The number of aryl methyl sites for hydroxylation is 1. The molecule has 1 aliphatic heterocycles. The van der Waals surface area contributed by atoms with Crippen molar-refractivity contribution in [3.8, 4) is 0 Å². The molecular formula is C14H24N4OS. The van der Waals surface area contributed by atoms with Gasteiger partial charge in [0, 0.05) is 37.3 Å². The molecule has 2 rings (SSSR count). The van der Waals surface area contributed by atoms with E-state index in [2.05, 4.69) is 16.8 Å². The third-order valence-corrected chi connectivity index (χ3v) is 4.96. The minimum absolute atomic E-state index is 0.0769. The number of anilines is 1. The number of thiazole rings is 1. The van der Waals surface area contributed by atoms with E-state index in [1.165, 1.54) is 4.88 Å². The first-order chi connectivity index (χ1) is 9.52. The Kier molecular flexibility index (Phi) is 4.99. The Hall–Kier alpha value is -1.14. The second-order valence-electron chi connectivity index (χ2n) is 5.54. The SMILES string of the molecule is CCc1cnc(N2CCN(C(=O)[C@@H](N)C(C)C)CC2)s1. The van der Waals surface area contributed by atoms with Gasteiger partial charge in [0.25, 0.3) is 0 Å². The summed E-state index contributed by atoms with van der Waals surface area (Å²) in [4.78, 5) is 22.1. The first-order valence-corrected chi connectivity index (χ1v) is 8.08. The maximum absolute atomic E-state index is 12.2. The van der Waals surface area contributed by atoms with E-state index in [0.717, 1.165) is 37.7 Å². The van der Waals surface area contributed by atoms with Crippen LogP contribution in [0.15, 0.2) is 6.20 Å². The number of carbonyl (C=O) groups excluding carboxylic acids is 1. The fourth-order valence-electron chi connectivity index (χ4n) is 2.22. The van der Waals surface area contributed by atoms with E-state index < -0.39 is 0 Å². The van der Waals surface area contributed by atoms with Crippen molar-refractivity contribution in [2.45, 2.75) is 33.2 Å². The van der Waals surface area contributed by atoms with Gasteiger partial charge < -0.3 is 15.5 Å². The molecule has 1 amide bonds. The fraction of sp³-hybridized carbons (Fsp3) is 0.714. The zero-order valence-corrected chi connectivity index (χ0v) is 13.3. The second-order valence-corrected chi connectivity index (χ2v) is 6.64. The van der Waals surface area contributed by atoms with E-state index in [4.69, 9.17) is 5.73 Å². The summed E-state index contributed by atoms with van der Waals surface area (Å²) >= 11 is 1.75. The molecule has 1 aromatic heterocycles. The zero-order valence-electron chi connectivity index (χ0n) is 12.5.